The molecule has 7 heteroatoms. The Morgan fingerprint density at radius 2 is 2.18 bits per heavy atom. The van der Waals surface area contributed by atoms with E-state index in [4.69, 9.17) is 11.5 Å². The average molecular weight is 238 g/mol. The van der Waals surface area contributed by atoms with Gasteiger partial charge in [-0.15, -0.1) is 0 Å². The number of rotatable bonds is 6. The quantitative estimate of drug-likeness (QED) is 0.633. The Morgan fingerprint density at radius 1 is 1.47 bits per heavy atom. The summed E-state index contributed by atoms with van der Waals surface area (Å²) in [5.41, 5.74) is 10.8. The van der Waals surface area contributed by atoms with Crippen LogP contribution >= 0.6 is 0 Å². The first kappa shape index (κ1) is 13.0. The Labute approximate surface area is 100 Å². The largest absolute Gasteiger partial charge is 0.370 e. The molecule has 0 radical (unpaired) electrons. The molecule has 0 atom stereocenters. The fraction of sp³-hybridized carbons (Fsp3) is 0.500. The molecule has 0 aromatic carbocycles. The summed E-state index contributed by atoms with van der Waals surface area (Å²) < 4.78 is 0. The van der Waals surface area contributed by atoms with Crippen molar-refractivity contribution in [3.63, 3.8) is 0 Å². The Bertz CT molecular complexity index is 394. The Morgan fingerprint density at radius 3 is 2.71 bits per heavy atom. The molecule has 1 aromatic heterocycles. The van der Waals surface area contributed by atoms with Gasteiger partial charge >= 0.3 is 0 Å². The van der Waals surface area contributed by atoms with Crippen LogP contribution in [0.2, 0.25) is 0 Å². The molecule has 0 unspecified atom stereocenters. The van der Waals surface area contributed by atoms with E-state index in [1.54, 1.807) is 11.0 Å². The zero-order valence-corrected chi connectivity index (χ0v) is 10.1. The van der Waals surface area contributed by atoms with Crippen LogP contribution in [0.1, 0.15) is 13.8 Å². The molecule has 0 aliphatic rings. The zero-order valence-electron chi connectivity index (χ0n) is 10.1. The van der Waals surface area contributed by atoms with E-state index in [1.165, 1.54) is 0 Å². The maximum Gasteiger partial charge on any atom is 0.236 e. The van der Waals surface area contributed by atoms with Gasteiger partial charge in [-0.25, -0.2) is 0 Å². The lowest BCUT2D eigenvalue weighted by atomic mass is 10.4. The van der Waals surface area contributed by atoms with Gasteiger partial charge in [-0.1, -0.05) is 0 Å². The Kier molecular flexibility index (Phi) is 4.50. The van der Waals surface area contributed by atoms with Crippen LogP contribution < -0.4 is 21.7 Å². The molecule has 0 bridgehead atoms. The average Bonchev–Trinajstić information content (AvgIpc) is 2.25. The summed E-state index contributed by atoms with van der Waals surface area (Å²) in [6.45, 7) is 5.33. The second kappa shape index (κ2) is 5.88. The Balaban J connectivity index is 2.97. The number of likely N-dealkylation sites (N-methyl/N-ethyl adjacent to an activating group) is 1. The highest BCUT2D eigenvalue weighted by atomic mass is 16.1. The number of anilines is 3. The fourth-order valence-corrected chi connectivity index (χ4v) is 1.43. The maximum atomic E-state index is 10.9. The van der Waals surface area contributed by atoms with Gasteiger partial charge < -0.3 is 21.7 Å². The first-order valence-corrected chi connectivity index (χ1v) is 5.48. The van der Waals surface area contributed by atoms with Crippen molar-refractivity contribution in [1.29, 1.82) is 0 Å². The van der Waals surface area contributed by atoms with Crippen LogP contribution in [0.5, 0.6) is 0 Å². The highest BCUT2D eigenvalue weighted by Crippen LogP contribution is 2.16. The molecule has 0 saturated heterocycles. The van der Waals surface area contributed by atoms with Gasteiger partial charge in [-0.05, 0) is 13.8 Å². The normalized spacial score (nSPS) is 10.0. The van der Waals surface area contributed by atoms with Crippen molar-refractivity contribution in [2.45, 2.75) is 13.8 Å². The third-order valence-corrected chi connectivity index (χ3v) is 2.14. The van der Waals surface area contributed by atoms with E-state index in [0.29, 0.717) is 18.2 Å². The van der Waals surface area contributed by atoms with Gasteiger partial charge in [-0.2, -0.15) is 9.97 Å². The number of nitrogens with zero attached hydrogens (tertiary/aromatic N) is 3. The van der Waals surface area contributed by atoms with E-state index in [-0.39, 0.29) is 12.5 Å². The summed E-state index contributed by atoms with van der Waals surface area (Å²) >= 11 is 0. The molecular formula is C10H18N6O. The van der Waals surface area contributed by atoms with Crippen LogP contribution in [0.4, 0.5) is 17.6 Å². The number of hydrogen-bond donors (Lipinski definition) is 3. The minimum atomic E-state index is -0.408. The third-order valence-electron chi connectivity index (χ3n) is 2.14. The topological polar surface area (TPSA) is 110 Å². The molecule has 17 heavy (non-hydrogen) atoms. The van der Waals surface area contributed by atoms with Gasteiger partial charge in [-0.3, -0.25) is 4.79 Å². The second-order valence-corrected chi connectivity index (χ2v) is 3.48. The lowest BCUT2D eigenvalue weighted by Gasteiger charge is -2.20. The lowest BCUT2D eigenvalue weighted by molar-refractivity contribution is -0.116. The van der Waals surface area contributed by atoms with Crippen molar-refractivity contribution >= 4 is 23.5 Å². The van der Waals surface area contributed by atoms with Crippen LogP contribution in [0.3, 0.4) is 0 Å². The molecule has 94 valence electrons. The summed E-state index contributed by atoms with van der Waals surface area (Å²) in [5.74, 6) is 0.989. The number of aromatic nitrogens is 2. The number of primary amides is 1. The summed E-state index contributed by atoms with van der Waals surface area (Å²) in [7, 11) is 0. The summed E-state index contributed by atoms with van der Waals surface area (Å²) in [6, 6.07) is 1.74. The monoisotopic (exact) mass is 238 g/mol. The van der Waals surface area contributed by atoms with Gasteiger partial charge in [0.05, 0.1) is 6.54 Å². The number of nitrogens with two attached hydrogens (primary N) is 2. The van der Waals surface area contributed by atoms with Crippen molar-refractivity contribution < 1.29 is 4.79 Å². The number of carbonyl (C=O) groups excluding carboxylic acids is 1. The molecule has 1 heterocycles. The molecule has 1 aromatic rings. The molecule has 0 spiro atoms. The molecule has 1 amide bonds. The van der Waals surface area contributed by atoms with E-state index in [0.717, 1.165) is 6.54 Å². The lowest BCUT2D eigenvalue weighted by Crippen LogP contribution is -2.34. The van der Waals surface area contributed by atoms with Gasteiger partial charge in [0.2, 0.25) is 11.9 Å². The predicted molar refractivity (Wildman–Crippen MR) is 67.7 cm³/mol. The van der Waals surface area contributed by atoms with E-state index < -0.39 is 5.91 Å². The highest BCUT2D eigenvalue weighted by Gasteiger charge is 2.11. The van der Waals surface area contributed by atoms with Crippen LogP contribution in [-0.4, -0.2) is 35.5 Å². The number of nitrogens with one attached hydrogen (secondary N) is 1. The van der Waals surface area contributed by atoms with E-state index >= 15 is 0 Å². The van der Waals surface area contributed by atoms with Crippen molar-refractivity contribution in [3.05, 3.63) is 6.07 Å². The Hall–Kier alpha value is -2.05. The van der Waals surface area contributed by atoms with E-state index in [9.17, 15) is 4.79 Å². The molecule has 5 N–H and O–H groups in total. The minimum Gasteiger partial charge on any atom is -0.370 e. The third kappa shape index (κ3) is 3.78. The SMILES string of the molecule is CCNc1cc(N(CC)CC(N)=O)nc(N)n1. The van der Waals surface area contributed by atoms with Crippen molar-refractivity contribution in [1.82, 2.24) is 9.97 Å². The van der Waals surface area contributed by atoms with Crippen LogP contribution in [0, 0.1) is 0 Å². The first-order chi connectivity index (χ1) is 8.06. The number of nitrogen functional groups attached to an aromatic ring is 1. The van der Waals surface area contributed by atoms with Crippen molar-refractivity contribution in [2.75, 3.05) is 35.6 Å². The van der Waals surface area contributed by atoms with Crippen molar-refractivity contribution in [2.24, 2.45) is 5.73 Å². The fourth-order valence-electron chi connectivity index (χ4n) is 1.43. The van der Waals surface area contributed by atoms with Crippen LogP contribution in [-0.2, 0) is 4.79 Å². The zero-order chi connectivity index (χ0) is 12.8. The van der Waals surface area contributed by atoms with Crippen molar-refractivity contribution in [3.8, 4) is 0 Å². The summed E-state index contributed by atoms with van der Waals surface area (Å²) in [5, 5.41) is 3.05. The summed E-state index contributed by atoms with van der Waals surface area (Å²) in [4.78, 5) is 20.8. The number of amides is 1. The van der Waals surface area contributed by atoms with Crippen LogP contribution in [0.25, 0.3) is 0 Å². The second-order valence-electron chi connectivity index (χ2n) is 3.48. The minimum absolute atomic E-state index is 0.110. The summed E-state index contributed by atoms with van der Waals surface area (Å²) in [6.07, 6.45) is 0. The molecular weight excluding hydrogens is 220 g/mol. The van der Waals surface area contributed by atoms with Gasteiger partial charge in [0, 0.05) is 19.2 Å². The molecule has 0 saturated carbocycles. The maximum absolute atomic E-state index is 10.9. The van der Waals surface area contributed by atoms with Crippen LogP contribution in [0.15, 0.2) is 6.07 Å². The van der Waals surface area contributed by atoms with E-state index in [1.807, 2.05) is 13.8 Å². The number of hydrogen-bond acceptors (Lipinski definition) is 6. The molecule has 0 aliphatic carbocycles. The van der Waals surface area contributed by atoms with Gasteiger partial charge in [0.15, 0.2) is 0 Å². The molecule has 1 rings (SSSR count). The molecule has 0 fully saturated rings. The van der Waals surface area contributed by atoms with Gasteiger partial charge in [0.25, 0.3) is 0 Å². The standard InChI is InChI=1S/C10H18N6O/c1-3-13-8-5-9(15-10(12)14-8)16(4-2)6-7(11)17/h5H,3-4,6H2,1-2H3,(H2,11,17)(H3,12,13,14,15). The smallest absolute Gasteiger partial charge is 0.236 e. The first-order valence-electron chi connectivity index (χ1n) is 5.48. The predicted octanol–water partition coefficient (Wildman–Crippen LogP) is -0.198. The van der Waals surface area contributed by atoms with E-state index in [2.05, 4.69) is 15.3 Å². The number of carbonyl (C=O) groups is 1. The molecule has 0 aliphatic heterocycles. The van der Waals surface area contributed by atoms with Gasteiger partial charge in [0.1, 0.15) is 11.6 Å². The highest BCUT2D eigenvalue weighted by molar-refractivity contribution is 5.79. The molecule has 7 nitrogen and oxygen atoms in total.